The molecule has 0 aliphatic carbocycles. The lowest BCUT2D eigenvalue weighted by Crippen LogP contribution is -2.37. The Morgan fingerprint density at radius 1 is 1.09 bits per heavy atom. The van der Waals surface area contributed by atoms with Gasteiger partial charge in [0.1, 0.15) is 12.4 Å². The zero-order valence-corrected chi connectivity index (χ0v) is 20.8. The van der Waals surface area contributed by atoms with Gasteiger partial charge < -0.3 is 39.8 Å². The molecule has 2 heterocycles. The molecule has 34 heavy (non-hydrogen) atoms. The average Bonchev–Trinajstić information content (AvgIpc) is 2.81. The number of hydrogen-bond acceptors (Lipinski definition) is 9. The van der Waals surface area contributed by atoms with Crippen LogP contribution in [0.2, 0.25) is 0 Å². The molecule has 0 saturated heterocycles. The fraction of sp³-hybridized carbons (Fsp3) is 0.625. The predicted octanol–water partition coefficient (Wildman–Crippen LogP) is 3.07. The van der Waals surface area contributed by atoms with Crippen molar-refractivity contribution in [1.29, 1.82) is 0 Å². The van der Waals surface area contributed by atoms with Crippen LogP contribution in [0, 0.1) is 0 Å². The van der Waals surface area contributed by atoms with E-state index in [1.807, 2.05) is 6.07 Å². The van der Waals surface area contributed by atoms with Crippen LogP contribution in [0.5, 0.6) is 11.5 Å². The van der Waals surface area contributed by atoms with E-state index in [-0.39, 0.29) is 11.7 Å². The fourth-order valence-corrected chi connectivity index (χ4v) is 4.31. The summed E-state index contributed by atoms with van der Waals surface area (Å²) >= 11 is 1.53. The molecule has 0 aromatic heterocycles. The molecule has 4 N–H and O–H groups in total. The topological polar surface area (TPSA) is 122 Å². The molecule has 1 amide bonds. The van der Waals surface area contributed by atoms with Gasteiger partial charge in [0.2, 0.25) is 5.91 Å². The van der Waals surface area contributed by atoms with Crippen LogP contribution in [-0.2, 0) is 24.8 Å². The van der Waals surface area contributed by atoms with Gasteiger partial charge in [-0.2, -0.15) is 11.8 Å². The minimum absolute atomic E-state index is 0.0645. The quantitative estimate of drug-likeness (QED) is 0.321. The van der Waals surface area contributed by atoms with E-state index in [9.17, 15) is 9.90 Å². The molecule has 0 saturated carbocycles. The zero-order chi connectivity index (χ0) is 24.6. The zero-order valence-electron chi connectivity index (χ0n) is 20.0. The average molecular weight is 499 g/mol. The smallest absolute Gasteiger partial charge is 0.220 e. The van der Waals surface area contributed by atoms with Gasteiger partial charge in [-0.05, 0) is 24.5 Å². The first-order valence-corrected chi connectivity index (χ1v) is 12.7. The van der Waals surface area contributed by atoms with E-state index < -0.39 is 6.04 Å². The molecule has 1 aromatic rings. The van der Waals surface area contributed by atoms with E-state index in [4.69, 9.17) is 29.4 Å². The first kappa shape index (κ1) is 28.1. The minimum atomic E-state index is -0.527. The number of carbonyl (C=O) groups excluding carboxylic acids is 1. The third-order valence-corrected chi connectivity index (χ3v) is 6.21. The summed E-state index contributed by atoms with van der Waals surface area (Å²) in [6.07, 6.45) is 2.92. The van der Waals surface area contributed by atoms with Gasteiger partial charge in [0.25, 0.3) is 0 Å². The standard InChI is InChI=1S/C24H38N2O7S/c1-18(27)21-17-34-16-19-14-22(29-2)23(15-20(19)25)33-13-12-32-11-10-31-9-8-30-7-5-3-4-6-24(28)26-21/h14-15,21,27H,1,3-13,16-17,25H2,2H3,(H,26,28). The van der Waals surface area contributed by atoms with E-state index in [1.54, 1.807) is 13.2 Å². The Hall–Kier alpha value is -2.14. The van der Waals surface area contributed by atoms with Gasteiger partial charge in [-0.15, -0.1) is 0 Å². The Kier molecular flexibility index (Phi) is 13.6. The maximum absolute atomic E-state index is 12.3. The molecule has 10 heteroatoms. The second-order valence-electron chi connectivity index (χ2n) is 7.82. The minimum Gasteiger partial charge on any atom is -0.511 e. The van der Waals surface area contributed by atoms with Crippen LogP contribution in [0.15, 0.2) is 24.5 Å². The highest BCUT2D eigenvalue weighted by molar-refractivity contribution is 7.98. The van der Waals surface area contributed by atoms with Gasteiger partial charge in [0.05, 0.1) is 46.2 Å². The van der Waals surface area contributed by atoms with Gasteiger partial charge >= 0.3 is 0 Å². The summed E-state index contributed by atoms with van der Waals surface area (Å²) in [5, 5.41) is 12.8. The molecule has 2 aliphatic heterocycles. The number of methoxy groups -OCH3 is 1. The summed E-state index contributed by atoms with van der Waals surface area (Å²) < 4.78 is 27.8. The Balaban J connectivity index is 1.98. The van der Waals surface area contributed by atoms with E-state index in [0.29, 0.717) is 81.4 Å². The van der Waals surface area contributed by atoms with Crippen LogP contribution in [0.25, 0.3) is 0 Å². The Morgan fingerprint density at radius 2 is 1.76 bits per heavy atom. The van der Waals surface area contributed by atoms with Crippen molar-refractivity contribution in [3.63, 3.8) is 0 Å². The van der Waals surface area contributed by atoms with Crippen LogP contribution in [0.4, 0.5) is 5.69 Å². The Morgan fingerprint density at radius 3 is 2.44 bits per heavy atom. The lowest BCUT2D eigenvalue weighted by Gasteiger charge is -2.18. The summed E-state index contributed by atoms with van der Waals surface area (Å²) in [4.78, 5) is 12.3. The number of nitrogen functional groups attached to an aromatic ring is 1. The normalized spacial score (nSPS) is 20.9. The number of amides is 1. The molecule has 0 radical (unpaired) electrons. The van der Waals surface area contributed by atoms with Crippen molar-refractivity contribution in [2.24, 2.45) is 0 Å². The maximum Gasteiger partial charge on any atom is 0.220 e. The molecule has 1 atom stereocenters. The predicted molar refractivity (Wildman–Crippen MR) is 134 cm³/mol. The molecule has 3 rings (SSSR count). The van der Waals surface area contributed by atoms with Crippen LogP contribution >= 0.6 is 11.8 Å². The fourth-order valence-electron chi connectivity index (χ4n) is 3.21. The van der Waals surface area contributed by atoms with Crippen molar-refractivity contribution in [3.05, 3.63) is 30.0 Å². The van der Waals surface area contributed by atoms with Crippen LogP contribution in [0.1, 0.15) is 31.2 Å². The highest BCUT2D eigenvalue weighted by Crippen LogP contribution is 2.34. The van der Waals surface area contributed by atoms with Crippen molar-refractivity contribution < 1.29 is 33.6 Å². The second-order valence-corrected chi connectivity index (χ2v) is 8.85. The van der Waals surface area contributed by atoms with Gasteiger partial charge in [0.15, 0.2) is 11.5 Å². The Labute approximate surface area is 206 Å². The number of aliphatic hydroxyl groups is 1. The van der Waals surface area contributed by atoms with E-state index in [0.717, 1.165) is 24.8 Å². The van der Waals surface area contributed by atoms with Crippen molar-refractivity contribution in [2.45, 2.75) is 37.5 Å². The number of thioether (sulfide) groups is 1. The van der Waals surface area contributed by atoms with Crippen LogP contribution in [0.3, 0.4) is 0 Å². The molecule has 0 spiro atoms. The number of rotatable bonds is 2. The number of anilines is 1. The first-order valence-electron chi connectivity index (χ1n) is 11.6. The number of carbonyl (C=O) groups is 1. The number of fused-ring (bicyclic) bond motifs is 22. The third-order valence-electron chi connectivity index (χ3n) is 5.13. The molecule has 192 valence electrons. The second kappa shape index (κ2) is 16.5. The molecule has 2 bridgehead atoms. The molecule has 1 unspecified atom stereocenters. The van der Waals surface area contributed by atoms with Crippen molar-refractivity contribution in [1.82, 2.24) is 5.32 Å². The maximum atomic E-state index is 12.3. The summed E-state index contributed by atoms with van der Waals surface area (Å²) in [5.74, 6) is 2.00. The third kappa shape index (κ3) is 10.9. The SMILES string of the molecule is C=C(O)C1CSCc2cc(OC)c(cc2N)OCCOCCOCCOCCCCCC(=O)N1. The van der Waals surface area contributed by atoms with E-state index >= 15 is 0 Å². The molecular weight excluding hydrogens is 460 g/mol. The largest absolute Gasteiger partial charge is 0.511 e. The van der Waals surface area contributed by atoms with Crippen molar-refractivity contribution in [3.8, 4) is 11.5 Å². The van der Waals surface area contributed by atoms with Crippen LogP contribution < -0.4 is 20.5 Å². The molecule has 2 aliphatic rings. The number of nitrogens with one attached hydrogen (secondary N) is 1. The highest BCUT2D eigenvalue weighted by Gasteiger charge is 2.16. The number of ether oxygens (including phenoxy) is 5. The highest BCUT2D eigenvalue weighted by atomic mass is 32.2. The summed E-state index contributed by atoms with van der Waals surface area (Å²) in [6, 6.07) is 3.06. The summed E-state index contributed by atoms with van der Waals surface area (Å²) in [6.45, 7) is 7.01. The molecule has 9 nitrogen and oxygen atoms in total. The molecular formula is C24H38N2O7S. The van der Waals surface area contributed by atoms with Gasteiger partial charge in [-0.3, -0.25) is 4.79 Å². The number of aliphatic hydroxyl groups excluding tert-OH is 1. The summed E-state index contributed by atoms with van der Waals surface area (Å²) in [7, 11) is 1.57. The lowest BCUT2D eigenvalue weighted by molar-refractivity contribution is -0.121. The van der Waals surface area contributed by atoms with Gasteiger partial charge in [-0.1, -0.05) is 13.0 Å². The van der Waals surface area contributed by atoms with Gasteiger partial charge in [0, 0.05) is 36.3 Å². The molecule has 1 aromatic carbocycles. The number of hydrogen-bond donors (Lipinski definition) is 3. The van der Waals surface area contributed by atoms with E-state index in [1.165, 1.54) is 11.8 Å². The number of benzene rings is 1. The first-order chi connectivity index (χ1) is 16.5. The summed E-state index contributed by atoms with van der Waals surface area (Å²) in [5.41, 5.74) is 7.69. The number of nitrogens with two attached hydrogens (primary N) is 1. The van der Waals surface area contributed by atoms with Crippen LogP contribution in [-0.4, -0.2) is 76.2 Å². The van der Waals surface area contributed by atoms with Gasteiger partial charge in [-0.25, -0.2) is 0 Å². The molecule has 0 fully saturated rings. The van der Waals surface area contributed by atoms with Crippen molar-refractivity contribution in [2.75, 3.05) is 64.8 Å². The monoisotopic (exact) mass is 498 g/mol. The lowest BCUT2D eigenvalue weighted by atomic mass is 10.2. The Bertz CT molecular complexity index is 763. The van der Waals surface area contributed by atoms with E-state index in [2.05, 4.69) is 11.9 Å². The van der Waals surface area contributed by atoms with Crippen molar-refractivity contribution >= 4 is 23.4 Å².